The van der Waals surface area contributed by atoms with Crippen molar-refractivity contribution in [2.45, 2.75) is 0 Å². The molecule has 0 unspecified atom stereocenters. The maximum atomic E-state index is 4.40. The Morgan fingerprint density at radius 2 is 1.19 bits per heavy atom. The topological polar surface area (TPSA) is 45.2 Å². The number of anilines is 2. The van der Waals surface area contributed by atoms with Gasteiger partial charge in [0.15, 0.2) is 0 Å². The van der Waals surface area contributed by atoms with Crippen LogP contribution in [-0.2, 0) is 0 Å². The average molecular weight is 295 g/mol. The third-order valence-electron chi connectivity index (χ3n) is 1.54. The lowest BCUT2D eigenvalue weighted by Gasteiger charge is -2.18. The zero-order valence-electron chi connectivity index (χ0n) is 9.45. The smallest absolute Gasteiger partial charge is 0.225 e. The zero-order valence-corrected chi connectivity index (χ0v) is 12.7. The van der Waals surface area contributed by atoms with E-state index >= 15 is 0 Å². The number of hydrogen-bond donors (Lipinski definition) is 0. The molecule has 0 amide bonds. The van der Waals surface area contributed by atoms with Gasteiger partial charge in [0.1, 0.15) is 6.33 Å². The second kappa shape index (κ2) is 7.36. The molecule has 16 heavy (non-hydrogen) atoms. The van der Waals surface area contributed by atoms with E-state index in [0.29, 0.717) is 11.9 Å². The van der Waals surface area contributed by atoms with E-state index in [1.54, 1.807) is 47.8 Å². The van der Waals surface area contributed by atoms with Gasteiger partial charge in [0, 0.05) is 25.0 Å². The Morgan fingerprint density at radius 1 is 0.812 bits per heavy atom. The summed E-state index contributed by atoms with van der Waals surface area (Å²) in [4.78, 5) is 12.7. The van der Waals surface area contributed by atoms with E-state index in [1.165, 1.54) is 6.33 Å². The summed E-state index contributed by atoms with van der Waals surface area (Å²) in [6.07, 6.45) is 9.49. The molecule has 0 saturated carbocycles. The summed E-state index contributed by atoms with van der Waals surface area (Å²) in [6, 6.07) is 0. The van der Waals surface area contributed by atoms with E-state index in [1.807, 2.05) is 32.4 Å². The minimum absolute atomic E-state index is 0.665. The normalized spacial score (nSPS) is 10.2. The lowest BCUT2D eigenvalue weighted by Crippen LogP contribution is -2.12. The molecule has 0 spiro atoms. The lowest BCUT2D eigenvalue weighted by atomic mass is 10.9. The van der Waals surface area contributed by atoms with Gasteiger partial charge in [-0.1, -0.05) is 0 Å². The molecular formula is C7H13N5S4. The van der Waals surface area contributed by atoms with Crippen molar-refractivity contribution >= 4 is 59.7 Å². The fraction of sp³-hybridized carbons (Fsp3) is 0.571. The van der Waals surface area contributed by atoms with Gasteiger partial charge in [0.05, 0.1) is 0 Å². The molecule has 0 aliphatic heterocycles. The van der Waals surface area contributed by atoms with Gasteiger partial charge in [-0.25, -0.2) is 7.42 Å². The van der Waals surface area contributed by atoms with Crippen molar-refractivity contribution in [2.24, 2.45) is 0 Å². The zero-order chi connectivity index (χ0) is 12.0. The van der Waals surface area contributed by atoms with E-state index < -0.39 is 0 Å². The molecule has 90 valence electrons. The highest BCUT2D eigenvalue weighted by molar-refractivity contribution is 8.17. The van der Waals surface area contributed by atoms with Crippen molar-refractivity contribution in [1.82, 2.24) is 15.0 Å². The Labute approximate surface area is 113 Å². The molecule has 1 aromatic heterocycles. The molecule has 9 heteroatoms. The third-order valence-corrected chi connectivity index (χ3v) is 5.30. The molecule has 0 aromatic carbocycles. The first kappa shape index (κ1) is 14.1. The highest BCUT2D eigenvalue weighted by atomic mass is 32.2. The van der Waals surface area contributed by atoms with Crippen molar-refractivity contribution in [3.8, 4) is 0 Å². The molecule has 0 N–H and O–H groups in total. The van der Waals surface area contributed by atoms with Gasteiger partial charge in [0.25, 0.3) is 11.9 Å². The van der Waals surface area contributed by atoms with Gasteiger partial charge in [-0.15, -0.1) is 0 Å². The fourth-order valence-corrected chi connectivity index (χ4v) is 3.13. The average Bonchev–Trinajstić information content (AvgIpc) is 2.33. The van der Waals surface area contributed by atoms with E-state index in [9.17, 15) is 0 Å². The molecule has 1 rings (SSSR count). The van der Waals surface area contributed by atoms with Crippen molar-refractivity contribution in [2.75, 3.05) is 32.4 Å². The summed E-state index contributed by atoms with van der Waals surface area (Å²) in [5, 5.41) is 0. The van der Waals surface area contributed by atoms with Crippen LogP contribution in [0.25, 0.3) is 0 Å². The SMILES string of the molecule is CSN(SC)c1ncnc(N(SC)SC)n1. The van der Waals surface area contributed by atoms with Crippen LogP contribution in [0.5, 0.6) is 0 Å². The predicted molar refractivity (Wildman–Crippen MR) is 78.8 cm³/mol. The molecule has 5 nitrogen and oxygen atoms in total. The quantitative estimate of drug-likeness (QED) is 0.737. The van der Waals surface area contributed by atoms with Crippen LogP contribution in [0.4, 0.5) is 11.9 Å². The Morgan fingerprint density at radius 3 is 1.50 bits per heavy atom. The Bertz CT molecular complexity index is 290. The molecule has 0 aliphatic carbocycles. The summed E-state index contributed by atoms with van der Waals surface area (Å²) in [5.74, 6) is 1.33. The maximum Gasteiger partial charge on any atom is 0.251 e. The summed E-state index contributed by atoms with van der Waals surface area (Å²) in [7, 11) is 0. The summed E-state index contributed by atoms with van der Waals surface area (Å²) >= 11 is 6.28. The first-order valence-corrected chi connectivity index (χ1v) is 8.95. The standard InChI is InChI=1S/C7H13N5S4/c1-13-11(14-2)6-8-5-9-7(10-6)12(15-3)16-4/h5H,1-4H3. The van der Waals surface area contributed by atoms with Gasteiger partial charge in [-0.05, 0) is 47.8 Å². The minimum atomic E-state index is 0.665. The number of nitrogens with zero attached hydrogens (tertiary/aromatic N) is 5. The van der Waals surface area contributed by atoms with Crippen LogP contribution in [-0.4, -0.2) is 40.0 Å². The van der Waals surface area contributed by atoms with Gasteiger partial charge in [-0.2, -0.15) is 15.0 Å². The largest absolute Gasteiger partial charge is 0.251 e. The molecule has 0 saturated heterocycles. The summed E-state index contributed by atoms with van der Waals surface area (Å²) < 4.78 is 3.87. The van der Waals surface area contributed by atoms with Crippen LogP contribution in [0.1, 0.15) is 0 Å². The van der Waals surface area contributed by atoms with Crippen molar-refractivity contribution in [3.63, 3.8) is 0 Å². The van der Waals surface area contributed by atoms with Crippen molar-refractivity contribution in [3.05, 3.63) is 6.33 Å². The van der Waals surface area contributed by atoms with E-state index in [4.69, 9.17) is 0 Å². The molecule has 0 atom stereocenters. The summed E-state index contributed by atoms with van der Waals surface area (Å²) in [6.45, 7) is 0. The molecule has 0 fully saturated rings. The molecule has 0 radical (unpaired) electrons. The molecule has 0 aliphatic rings. The molecule has 1 heterocycles. The van der Waals surface area contributed by atoms with Gasteiger partial charge >= 0.3 is 0 Å². The number of rotatable bonds is 6. The van der Waals surface area contributed by atoms with Gasteiger partial charge < -0.3 is 0 Å². The molecular weight excluding hydrogens is 282 g/mol. The molecule has 0 bridgehead atoms. The maximum absolute atomic E-state index is 4.40. The first-order valence-electron chi connectivity index (χ1n) is 4.22. The van der Waals surface area contributed by atoms with Crippen LogP contribution in [0.3, 0.4) is 0 Å². The Kier molecular flexibility index (Phi) is 6.47. The van der Waals surface area contributed by atoms with Gasteiger partial charge in [-0.3, -0.25) is 0 Å². The van der Waals surface area contributed by atoms with Gasteiger partial charge in [0.2, 0.25) is 0 Å². The number of aromatic nitrogens is 3. The second-order valence-corrected chi connectivity index (χ2v) is 5.71. The Hall–Kier alpha value is 0.01000. The van der Waals surface area contributed by atoms with Crippen molar-refractivity contribution < 1.29 is 0 Å². The first-order chi connectivity index (χ1) is 7.76. The van der Waals surface area contributed by atoms with Crippen LogP contribution < -0.4 is 7.42 Å². The minimum Gasteiger partial charge on any atom is -0.225 e. The number of hydrogen-bond acceptors (Lipinski definition) is 9. The second-order valence-electron chi connectivity index (χ2n) is 2.33. The van der Waals surface area contributed by atoms with Crippen LogP contribution in [0.15, 0.2) is 6.33 Å². The van der Waals surface area contributed by atoms with E-state index in [-0.39, 0.29) is 0 Å². The molecule has 1 aromatic rings. The van der Waals surface area contributed by atoms with E-state index in [0.717, 1.165) is 0 Å². The monoisotopic (exact) mass is 295 g/mol. The highest BCUT2D eigenvalue weighted by Gasteiger charge is 2.12. The lowest BCUT2D eigenvalue weighted by molar-refractivity contribution is 1.05. The highest BCUT2D eigenvalue weighted by Crippen LogP contribution is 2.27. The summed E-state index contributed by atoms with van der Waals surface area (Å²) in [5.41, 5.74) is 0. The Balaban J connectivity index is 2.93. The van der Waals surface area contributed by atoms with Crippen molar-refractivity contribution in [1.29, 1.82) is 0 Å². The van der Waals surface area contributed by atoms with Crippen LogP contribution in [0.2, 0.25) is 0 Å². The predicted octanol–water partition coefficient (Wildman–Crippen LogP) is 2.60. The van der Waals surface area contributed by atoms with E-state index in [2.05, 4.69) is 15.0 Å². The third kappa shape index (κ3) is 3.51. The fourth-order valence-electron chi connectivity index (χ4n) is 0.931. The van der Waals surface area contributed by atoms with Crippen LogP contribution >= 0.6 is 47.8 Å². The van der Waals surface area contributed by atoms with Crippen LogP contribution in [0, 0.1) is 0 Å².